The summed E-state index contributed by atoms with van der Waals surface area (Å²) in [5, 5.41) is 4.64. The Morgan fingerprint density at radius 3 is 2.52 bits per heavy atom. The standard InChI is InChI=1S/C23H18N4O2/c1-27-14-19(16-10-12-24-13-11-16)23(26-27)17-6-8-18(9-7-17)28-15-22-25-20-4-2-3-5-21(20)29-22/h2-14H,15H2,1H3/i1-1. The van der Waals surface area contributed by atoms with E-state index in [2.05, 4.69) is 15.1 Å². The molecule has 0 aliphatic carbocycles. The van der Waals surface area contributed by atoms with E-state index in [-0.39, 0.29) is 6.61 Å². The minimum atomic E-state index is 0.278. The SMILES string of the molecule is [11CH3]n1cc(-c2ccncc2)c(-c2ccc(OCc3nc4ccccc4o3)cc2)n1. The maximum absolute atomic E-state index is 5.84. The molecule has 0 radical (unpaired) electrons. The third-order valence-electron chi connectivity index (χ3n) is 4.65. The summed E-state index contributed by atoms with van der Waals surface area (Å²) in [6, 6.07) is 19.5. The van der Waals surface area contributed by atoms with Crippen molar-refractivity contribution in [2.24, 2.45) is 7.05 Å². The van der Waals surface area contributed by atoms with Crippen molar-refractivity contribution in [2.45, 2.75) is 6.61 Å². The van der Waals surface area contributed by atoms with Crippen molar-refractivity contribution in [3.8, 4) is 28.1 Å². The first kappa shape index (κ1) is 17.2. The monoisotopic (exact) mass is 381 g/mol. The number of aryl methyl sites for hydroxylation is 1. The molecule has 5 aromatic rings. The molecule has 5 rings (SSSR count). The van der Waals surface area contributed by atoms with Crippen LogP contribution in [0.1, 0.15) is 5.89 Å². The second-order valence-electron chi connectivity index (χ2n) is 6.69. The van der Waals surface area contributed by atoms with Gasteiger partial charge in [-0.25, -0.2) is 4.98 Å². The molecule has 0 spiro atoms. The predicted octanol–water partition coefficient (Wildman–Crippen LogP) is 4.87. The third kappa shape index (κ3) is 3.48. The largest absolute Gasteiger partial charge is 0.484 e. The topological polar surface area (TPSA) is 66.0 Å². The molecule has 0 atom stereocenters. The van der Waals surface area contributed by atoms with Gasteiger partial charge in [-0.2, -0.15) is 5.10 Å². The van der Waals surface area contributed by atoms with E-state index in [1.165, 1.54) is 0 Å². The average molecular weight is 381 g/mol. The molecule has 3 aromatic heterocycles. The molecule has 2 aromatic carbocycles. The zero-order valence-electron chi connectivity index (χ0n) is 15.8. The van der Waals surface area contributed by atoms with E-state index in [9.17, 15) is 0 Å². The molecule has 0 aliphatic rings. The zero-order valence-corrected chi connectivity index (χ0v) is 15.8. The lowest BCUT2D eigenvalue weighted by atomic mass is 10.0. The summed E-state index contributed by atoms with van der Waals surface area (Å²) in [5.41, 5.74) is 5.69. The Kier molecular flexibility index (Phi) is 4.29. The van der Waals surface area contributed by atoms with Crippen LogP contribution < -0.4 is 4.74 Å². The van der Waals surface area contributed by atoms with Crippen molar-refractivity contribution >= 4 is 11.1 Å². The second kappa shape index (κ2) is 7.24. The number of aromatic nitrogens is 4. The van der Waals surface area contributed by atoms with Crippen molar-refractivity contribution in [2.75, 3.05) is 0 Å². The molecule has 0 saturated heterocycles. The Bertz CT molecular complexity index is 1220. The van der Waals surface area contributed by atoms with Crippen LogP contribution in [0.2, 0.25) is 0 Å². The fraction of sp³-hybridized carbons (Fsp3) is 0.0870. The van der Waals surface area contributed by atoms with Crippen LogP contribution in [-0.2, 0) is 13.7 Å². The number of pyridine rings is 1. The third-order valence-corrected chi connectivity index (χ3v) is 4.65. The Morgan fingerprint density at radius 1 is 0.931 bits per heavy atom. The van der Waals surface area contributed by atoms with Gasteiger partial charge in [-0.3, -0.25) is 9.67 Å². The molecule has 3 heterocycles. The van der Waals surface area contributed by atoms with Gasteiger partial charge in [-0.05, 0) is 54.1 Å². The van der Waals surface area contributed by atoms with Crippen LogP contribution >= 0.6 is 0 Å². The van der Waals surface area contributed by atoms with Crippen LogP contribution in [0, 0.1) is 0 Å². The molecule has 0 unspecified atom stereocenters. The number of para-hydroxylation sites is 2. The summed E-state index contributed by atoms with van der Waals surface area (Å²) in [5.74, 6) is 1.30. The van der Waals surface area contributed by atoms with E-state index in [4.69, 9.17) is 9.15 Å². The fourth-order valence-electron chi connectivity index (χ4n) is 3.28. The van der Waals surface area contributed by atoms with Gasteiger partial charge in [0.25, 0.3) is 0 Å². The maximum atomic E-state index is 5.84. The summed E-state index contributed by atoms with van der Waals surface area (Å²) in [4.78, 5) is 8.53. The van der Waals surface area contributed by atoms with Gasteiger partial charge >= 0.3 is 0 Å². The average Bonchev–Trinajstić information content (AvgIpc) is 3.36. The Balaban J connectivity index is 1.35. The minimum absolute atomic E-state index is 0.278. The molecule has 6 heteroatoms. The zero-order chi connectivity index (χ0) is 19.6. The number of hydrogen-bond donors (Lipinski definition) is 0. The van der Waals surface area contributed by atoms with Gasteiger partial charge in [0.1, 0.15) is 17.0 Å². The maximum Gasteiger partial charge on any atom is 0.233 e. The lowest BCUT2D eigenvalue weighted by molar-refractivity contribution is 0.267. The molecule has 0 aliphatic heterocycles. The van der Waals surface area contributed by atoms with Crippen LogP contribution in [-0.4, -0.2) is 19.7 Å². The molecule has 0 amide bonds. The molecule has 0 bridgehead atoms. The van der Waals surface area contributed by atoms with Gasteiger partial charge in [0.15, 0.2) is 12.2 Å². The fourth-order valence-corrected chi connectivity index (χ4v) is 3.28. The highest BCUT2D eigenvalue weighted by Crippen LogP contribution is 2.31. The van der Waals surface area contributed by atoms with Crippen LogP contribution in [0.25, 0.3) is 33.5 Å². The second-order valence-corrected chi connectivity index (χ2v) is 6.69. The lowest BCUT2D eigenvalue weighted by Gasteiger charge is -2.06. The number of hydrogen-bond acceptors (Lipinski definition) is 5. The normalized spacial score (nSPS) is 11.1. The van der Waals surface area contributed by atoms with Crippen LogP contribution in [0.4, 0.5) is 0 Å². The highest BCUT2D eigenvalue weighted by atomic mass is 16.5. The molecule has 0 fully saturated rings. The van der Waals surface area contributed by atoms with Gasteiger partial charge in [0.05, 0.1) is 0 Å². The predicted molar refractivity (Wildman–Crippen MR) is 110 cm³/mol. The van der Waals surface area contributed by atoms with Gasteiger partial charge in [0.2, 0.25) is 5.89 Å². The van der Waals surface area contributed by atoms with Crippen molar-refractivity contribution in [1.29, 1.82) is 0 Å². The summed E-state index contributed by atoms with van der Waals surface area (Å²) >= 11 is 0. The van der Waals surface area contributed by atoms with E-state index in [1.807, 2.05) is 78.6 Å². The highest BCUT2D eigenvalue weighted by molar-refractivity contribution is 5.80. The van der Waals surface area contributed by atoms with Gasteiger partial charge < -0.3 is 9.15 Å². The first-order valence-corrected chi connectivity index (χ1v) is 9.28. The molecule has 0 saturated carbocycles. The Hall–Kier alpha value is -3.93. The molecule has 0 N–H and O–H groups in total. The molecular formula is C23H18N4O2. The summed E-state index contributed by atoms with van der Waals surface area (Å²) < 4.78 is 13.4. The van der Waals surface area contributed by atoms with Crippen molar-refractivity contribution in [3.63, 3.8) is 0 Å². The minimum Gasteiger partial charge on any atom is -0.484 e. The van der Waals surface area contributed by atoms with Crippen molar-refractivity contribution in [1.82, 2.24) is 19.7 Å². The molecule has 142 valence electrons. The van der Waals surface area contributed by atoms with Crippen LogP contribution in [0.15, 0.2) is 83.7 Å². The van der Waals surface area contributed by atoms with Gasteiger partial charge in [-0.1, -0.05) is 12.1 Å². The van der Waals surface area contributed by atoms with E-state index >= 15 is 0 Å². The Labute approximate surface area is 167 Å². The van der Waals surface area contributed by atoms with E-state index in [0.29, 0.717) is 5.89 Å². The molecule has 6 nitrogen and oxygen atoms in total. The first-order valence-electron chi connectivity index (χ1n) is 9.28. The lowest BCUT2D eigenvalue weighted by Crippen LogP contribution is -1.95. The molecule has 29 heavy (non-hydrogen) atoms. The van der Waals surface area contributed by atoms with Crippen LogP contribution in [0.5, 0.6) is 5.75 Å². The van der Waals surface area contributed by atoms with Gasteiger partial charge in [0, 0.05) is 36.8 Å². The Morgan fingerprint density at radius 2 is 1.72 bits per heavy atom. The van der Waals surface area contributed by atoms with E-state index < -0.39 is 0 Å². The highest BCUT2D eigenvalue weighted by Gasteiger charge is 2.12. The number of benzene rings is 2. The number of ether oxygens (including phenoxy) is 1. The summed E-state index contributed by atoms with van der Waals surface area (Å²) in [7, 11) is 1.92. The smallest absolute Gasteiger partial charge is 0.233 e. The van der Waals surface area contributed by atoms with Crippen molar-refractivity contribution in [3.05, 3.63) is 85.1 Å². The first-order chi connectivity index (χ1) is 14.3. The quantitative estimate of drug-likeness (QED) is 0.435. The number of fused-ring (bicyclic) bond motifs is 1. The van der Waals surface area contributed by atoms with Crippen LogP contribution in [0.3, 0.4) is 0 Å². The number of nitrogens with zero attached hydrogens (tertiary/aromatic N) is 4. The molecular weight excluding hydrogens is 363 g/mol. The van der Waals surface area contributed by atoms with E-state index in [0.717, 1.165) is 39.2 Å². The summed E-state index contributed by atoms with van der Waals surface area (Å²) in [6.07, 6.45) is 5.59. The van der Waals surface area contributed by atoms with E-state index in [1.54, 1.807) is 12.4 Å². The van der Waals surface area contributed by atoms with Gasteiger partial charge in [-0.15, -0.1) is 0 Å². The number of rotatable bonds is 5. The number of oxazole rings is 1. The van der Waals surface area contributed by atoms with Crippen molar-refractivity contribution < 1.29 is 9.15 Å². The summed E-state index contributed by atoms with van der Waals surface area (Å²) in [6.45, 7) is 0.278.